The molecule has 0 spiro atoms. The predicted octanol–water partition coefficient (Wildman–Crippen LogP) is 5.77. The van der Waals surface area contributed by atoms with Crippen molar-refractivity contribution in [1.82, 2.24) is 15.3 Å². The summed E-state index contributed by atoms with van der Waals surface area (Å²) in [6.07, 6.45) is 2.81. The van der Waals surface area contributed by atoms with Crippen molar-refractivity contribution >= 4 is 28.8 Å². The van der Waals surface area contributed by atoms with Gasteiger partial charge in [-0.2, -0.15) is 5.10 Å². The predicted molar refractivity (Wildman–Crippen MR) is 149 cm³/mol. The van der Waals surface area contributed by atoms with Crippen LogP contribution >= 0.6 is 0 Å². The minimum Gasteiger partial charge on any atom is -0.493 e. The molecule has 39 heavy (non-hydrogen) atoms. The highest BCUT2D eigenvalue weighted by atomic mass is 16.6. The van der Waals surface area contributed by atoms with Crippen LogP contribution in [0, 0.1) is 11.8 Å². The summed E-state index contributed by atoms with van der Waals surface area (Å²) in [4.78, 5) is 30.4. The average molecular weight is 533 g/mol. The van der Waals surface area contributed by atoms with Crippen LogP contribution in [0.4, 0.5) is 4.79 Å². The number of carbonyl (C=O) groups is 2. The molecule has 1 aromatic heterocycles. The van der Waals surface area contributed by atoms with Gasteiger partial charge in [0, 0.05) is 36.6 Å². The Balaban J connectivity index is 1.18. The van der Waals surface area contributed by atoms with Crippen LogP contribution in [-0.4, -0.2) is 52.9 Å². The van der Waals surface area contributed by atoms with Gasteiger partial charge in [-0.25, -0.2) is 15.2 Å². The Morgan fingerprint density at radius 3 is 2.51 bits per heavy atom. The molecule has 1 fully saturated rings. The number of nitrogens with one attached hydrogen (secondary N) is 1. The third kappa shape index (κ3) is 6.41. The number of benzene rings is 2. The molecule has 2 amide bonds. The molecule has 2 aromatic carbocycles. The molecule has 5 rings (SSSR count). The molecule has 3 aromatic rings. The molecule has 206 valence electrons. The van der Waals surface area contributed by atoms with Crippen molar-refractivity contribution in [2.24, 2.45) is 16.9 Å². The summed E-state index contributed by atoms with van der Waals surface area (Å²) >= 11 is 0. The highest BCUT2D eigenvalue weighted by Gasteiger charge is 2.27. The smallest absolute Gasteiger partial charge is 0.410 e. The zero-order valence-electron chi connectivity index (χ0n) is 23.0. The van der Waals surface area contributed by atoms with Crippen molar-refractivity contribution in [2.45, 2.75) is 59.0 Å². The maximum Gasteiger partial charge on any atom is 0.410 e. The number of hydrogen-bond donors (Lipinski definition) is 1. The lowest BCUT2D eigenvalue weighted by atomic mass is 9.90. The van der Waals surface area contributed by atoms with Gasteiger partial charge in [-0.15, -0.1) is 0 Å². The molecule has 1 N–H and O–H groups in total. The molecule has 0 aliphatic carbocycles. The van der Waals surface area contributed by atoms with Gasteiger partial charge in [0.2, 0.25) is 11.8 Å². The van der Waals surface area contributed by atoms with Gasteiger partial charge in [0.05, 0.1) is 12.3 Å². The standard InChI is InChI=1S/C30H36N4O5/c1-5-20-17-26(35)32-33-27(20)22-8-11-24-25(16-22)38-28(31-24)21-6-9-23(10-7-21)37-18-19-12-14-34(15-13-19)29(36)39-30(2,3)4/h6-11,16,19-20H,5,12-15,17-18H2,1-4H3,(H,32,35). The molecule has 0 saturated carbocycles. The zero-order valence-corrected chi connectivity index (χ0v) is 23.0. The first kappa shape index (κ1) is 26.7. The summed E-state index contributed by atoms with van der Waals surface area (Å²) < 4.78 is 17.6. The van der Waals surface area contributed by atoms with Gasteiger partial charge in [-0.1, -0.05) is 13.0 Å². The number of hydrogen-bond acceptors (Lipinski definition) is 7. The van der Waals surface area contributed by atoms with Crippen molar-refractivity contribution in [2.75, 3.05) is 19.7 Å². The van der Waals surface area contributed by atoms with Gasteiger partial charge >= 0.3 is 6.09 Å². The van der Waals surface area contributed by atoms with E-state index in [-0.39, 0.29) is 17.9 Å². The number of ether oxygens (including phenoxy) is 2. The second-order valence-electron chi connectivity index (χ2n) is 11.3. The first-order valence-corrected chi connectivity index (χ1v) is 13.7. The highest BCUT2D eigenvalue weighted by Crippen LogP contribution is 2.29. The van der Waals surface area contributed by atoms with Crippen molar-refractivity contribution in [3.05, 3.63) is 48.0 Å². The van der Waals surface area contributed by atoms with E-state index in [1.165, 1.54) is 0 Å². The van der Waals surface area contributed by atoms with Crippen LogP contribution in [0.25, 0.3) is 22.6 Å². The van der Waals surface area contributed by atoms with E-state index in [9.17, 15) is 9.59 Å². The number of aromatic nitrogens is 1. The monoisotopic (exact) mass is 532 g/mol. The lowest BCUT2D eigenvalue weighted by molar-refractivity contribution is -0.122. The Kier molecular flexibility index (Phi) is 7.59. The Hall–Kier alpha value is -3.88. The molecule has 9 nitrogen and oxygen atoms in total. The van der Waals surface area contributed by atoms with Crippen molar-refractivity contribution < 1.29 is 23.5 Å². The van der Waals surface area contributed by atoms with Crippen LogP contribution in [-0.2, 0) is 9.53 Å². The fraction of sp³-hybridized carbons (Fsp3) is 0.467. The van der Waals surface area contributed by atoms with Gasteiger partial charge in [-0.3, -0.25) is 4.79 Å². The molecule has 9 heteroatoms. The topological polar surface area (TPSA) is 106 Å². The Morgan fingerprint density at radius 1 is 1.10 bits per heavy atom. The maximum atomic E-state index is 12.3. The number of hydrazone groups is 1. The number of amides is 2. The lowest BCUT2D eigenvalue weighted by Gasteiger charge is -2.33. The molecule has 0 bridgehead atoms. The minimum atomic E-state index is -0.479. The zero-order chi connectivity index (χ0) is 27.6. The fourth-order valence-corrected chi connectivity index (χ4v) is 4.94. The second kappa shape index (κ2) is 11.1. The van der Waals surface area contributed by atoms with Crippen molar-refractivity contribution in [3.63, 3.8) is 0 Å². The molecular weight excluding hydrogens is 496 g/mol. The van der Waals surface area contributed by atoms with E-state index in [4.69, 9.17) is 13.9 Å². The molecule has 1 atom stereocenters. The number of nitrogens with zero attached hydrogens (tertiary/aromatic N) is 3. The molecule has 2 aliphatic heterocycles. The number of likely N-dealkylation sites (tertiary alicyclic amines) is 1. The van der Waals surface area contributed by atoms with Gasteiger partial charge < -0.3 is 18.8 Å². The Morgan fingerprint density at radius 2 is 1.82 bits per heavy atom. The van der Waals surface area contributed by atoms with E-state index < -0.39 is 5.60 Å². The quantitative estimate of drug-likeness (QED) is 0.432. The third-order valence-electron chi connectivity index (χ3n) is 7.15. The van der Waals surface area contributed by atoms with Crippen molar-refractivity contribution in [3.8, 4) is 17.2 Å². The van der Waals surface area contributed by atoms with E-state index in [1.54, 1.807) is 4.90 Å². The molecule has 3 heterocycles. The van der Waals surface area contributed by atoms with E-state index >= 15 is 0 Å². The Labute approximate surface area is 228 Å². The van der Waals surface area contributed by atoms with Crippen LogP contribution in [0.3, 0.4) is 0 Å². The highest BCUT2D eigenvalue weighted by molar-refractivity contribution is 6.07. The lowest BCUT2D eigenvalue weighted by Crippen LogP contribution is -2.42. The molecular formula is C30H36N4O5. The van der Waals surface area contributed by atoms with E-state index in [0.717, 1.165) is 47.4 Å². The molecule has 1 unspecified atom stereocenters. The largest absolute Gasteiger partial charge is 0.493 e. The second-order valence-corrected chi connectivity index (χ2v) is 11.3. The average Bonchev–Trinajstić information content (AvgIpc) is 3.35. The number of piperidine rings is 1. The van der Waals surface area contributed by atoms with Gasteiger partial charge in [0.15, 0.2) is 5.58 Å². The van der Waals surface area contributed by atoms with Crippen LogP contribution < -0.4 is 10.2 Å². The van der Waals surface area contributed by atoms with E-state index in [1.807, 2.05) is 63.2 Å². The number of carbonyl (C=O) groups excluding carboxylic acids is 2. The van der Waals surface area contributed by atoms with Gasteiger partial charge in [0.25, 0.3) is 0 Å². The summed E-state index contributed by atoms with van der Waals surface area (Å²) in [6, 6.07) is 13.6. The molecule has 1 saturated heterocycles. The fourth-order valence-electron chi connectivity index (χ4n) is 4.94. The SMILES string of the molecule is CCC1CC(=O)NN=C1c1ccc2nc(-c3ccc(OCC4CCN(C(=O)OC(C)(C)C)CC4)cc3)oc2c1. The van der Waals surface area contributed by atoms with E-state index in [0.29, 0.717) is 43.5 Å². The summed E-state index contributed by atoms with van der Waals surface area (Å²) in [7, 11) is 0. The molecule has 2 aliphatic rings. The first-order valence-electron chi connectivity index (χ1n) is 13.7. The van der Waals surface area contributed by atoms with E-state index in [2.05, 4.69) is 22.4 Å². The van der Waals surface area contributed by atoms with Gasteiger partial charge in [0.1, 0.15) is 16.9 Å². The van der Waals surface area contributed by atoms with Crippen molar-refractivity contribution in [1.29, 1.82) is 0 Å². The normalized spacial score (nSPS) is 18.6. The number of fused-ring (bicyclic) bond motifs is 1. The minimum absolute atomic E-state index is 0.0513. The maximum absolute atomic E-state index is 12.3. The third-order valence-corrected chi connectivity index (χ3v) is 7.15. The number of oxazole rings is 1. The summed E-state index contributed by atoms with van der Waals surface area (Å²) in [5.74, 6) is 1.75. The van der Waals surface area contributed by atoms with Crippen LogP contribution in [0.15, 0.2) is 52.0 Å². The van der Waals surface area contributed by atoms with Crippen LogP contribution in [0.5, 0.6) is 5.75 Å². The molecule has 0 radical (unpaired) electrons. The van der Waals surface area contributed by atoms with Crippen LogP contribution in [0.1, 0.15) is 58.9 Å². The summed E-state index contributed by atoms with van der Waals surface area (Å²) in [5, 5.41) is 4.31. The van der Waals surface area contributed by atoms with Crippen LogP contribution in [0.2, 0.25) is 0 Å². The summed E-state index contributed by atoms with van der Waals surface area (Å²) in [6.45, 7) is 9.69. The first-order chi connectivity index (χ1) is 18.7. The Bertz CT molecular complexity index is 1360. The summed E-state index contributed by atoms with van der Waals surface area (Å²) in [5.41, 5.74) is 6.21. The number of rotatable bonds is 6. The van der Waals surface area contributed by atoms with Gasteiger partial charge in [-0.05, 0) is 82.3 Å².